The maximum atomic E-state index is 12.9. The molecule has 0 aromatic carbocycles. The van der Waals surface area contributed by atoms with Crippen molar-refractivity contribution in [3.63, 3.8) is 0 Å². The lowest BCUT2D eigenvalue weighted by Gasteiger charge is -2.24. The van der Waals surface area contributed by atoms with Gasteiger partial charge in [0, 0.05) is 50.2 Å². The summed E-state index contributed by atoms with van der Waals surface area (Å²) in [4.78, 5) is 26.6. The molecule has 38 heavy (non-hydrogen) atoms. The van der Waals surface area contributed by atoms with Gasteiger partial charge in [0.25, 0.3) is 0 Å². The summed E-state index contributed by atoms with van der Waals surface area (Å²) in [5, 5.41) is 25.8. The van der Waals surface area contributed by atoms with Crippen LogP contribution in [0.15, 0.2) is 36.8 Å². The fourth-order valence-electron chi connectivity index (χ4n) is 4.21. The molecule has 12 heteroatoms. The molecular weight excluding hydrogens is 494 g/mol. The summed E-state index contributed by atoms with van der Waals surface area (Å²) < 4.78 is 25.8. The minimum absolute atomic E-state index is 0.200. The third-order valence-electron chi connectivity index (χ3n) is 6.22. The molecule has 2 aromatic heterocycles. The Morgan fingerprint density at radius 3 is 2.79 bits per heavy atom. The molecule has 0 saturated heterocycles. The summed E-state index contributed by atoms with van der Waals surface area (Å²) in [6.07, 6.45) is 7.57. The normalized spacial score (nSPS) is 13.8. The molecule has 0 saturated carbocycles. The second-order valence-electron chi connectivity index (χ2n) is 9.10. The second kappa shape index (κ2) is 15.6. The van der Waals surface area contributed by atoms with Gasteiger partial charge in [-0.3, -0.25) is 0 Å². The van der Waals surface area contributed by atoms with Gasteiger partial charge in [-0.05, 0) is 62.8 Å². The summed E-state index contributed by atoms with van der Waals surface area (Å²) in [7, 11) is 0. The molecule has 206 valence electrons. The molecule has 3 heterocycles. The van der Waals surface area contributed by atoms with Gasteiger partial charge in [0.1, 0.15) is 29.8 Å². The van der Waals surface area contributed by atoms with Crippen molar-refractivity contribution in [2.24, 2.45) is 0 Å². The quantitative estimate of drug-likeness (QED) is 0.151. The van der Waals surface area contributed by atoms with Gasteiger partial charge < -0.3 is 31.4 Å². The van der Waals surface area contributed by atoms with Crippen molar-refractivity contribution in [3.05, 3.63) is 48.1 Å². The van der Waals surface area contributed by atoms with E-state index in [1.807, 2.05) is 4.90 Å². The van der Waals surface area contributed by atoms with E-state index in [9.17, 15) is 18.7 Å². The molecule has 0 bridgehead atoms. The summed E-state index contributed by atoms with van der Waals surface area (Å²) in [5.41, 5.74) is 2.26. The van der Waals surface area contributed by atoms with Gasteiger partial charge in [-0.1, -0.05) is 6.07 Å². The topological polar surface area (TPSA) is 139 Å². The molecule has 2 aromatic rings. The Bertz CT molecular complexity index is 1070. The Morgan fingerprint density at radius 2 is 2.00 bits per heavy atom. The van der Waals surface area contributed by atoms with E-state index in [1.54, 1.807) is 6.07 Å². The van der Waals surface area contributed by atoms with Crippen molar-refractivity contribution in [2.45, 2.75) is 57.4 Å². The molecule has 3 rings (SSSR count). The minimum Gasteiger partial charge on any atom is -0.480 e. The number of hydrogen-bond acceptors (Lipinski definition) is 9. The van der Waals surface area contributed by atoms with Crippen LogP contribution in [0.4, 0.5) is 26.2 Å². The molecule has 1 aliphatic heterocycles. The number of allylic oxidation sites excluding steroid dienone is 1. The summed E-state index contributed by atoms with van der Waals surface area (Å²) in [6.45, 7) is 2.10. The molecule has 0 fully saturated rings. The highest BCUT2D eigenvalue weighted by atomic mass is 19.3. The Balaban J connectivity index is 1.51. The predicted octanol–water partition coefficient (Wildman–Crippen LogP) is 4.04. The van der Waals surface area contributed by atoms with Crippen molar-refractivity contribution < 1.29 is 18.7 Å². The van der Waals surface area contributed by atoms with E-state index in [-0.39, 0.29) is 19.4 Å². The number of unbranched alkanes of at least 4 members (excludes halogenated alkanes) is 1. The maximum absolute atomic E-state index is 12.9. The molecular formula is C26H36F2N8O2. The van der Waals surface area contributed by atoms with Crippen LogP contribution < -0.4 is 16.0 Å². The average Bonchev–Trinajstić information content (AvgIpc) is 2.91. The number of anilines is 3. The molecule has 0 aliphatic carbocycles. The lowest BCUT2D eigenvalue weighted by atomic mass is 10.1. The van der Waals surface area contributed by atoms with E-state index in [4.69, 9.17) is 10.4 Å². The van der Waals surface area contributed by atoms with Crippen LogP contribution >= 0.6 is 0 Å². The average molecular weight is 531 g/mol. The SMILES string of the molecule is N=C/C=C\Nc1cc(N[C@@H](CCN(CCCCc2ccc3c(n2)NCCC3)CCC(F)F)C(=O)O)ncn1. The van der Waals surface area contributed by atoms with E-state index in [0.29, 0.717) is 24.7 Å². The van der Waals surface area contributed by atoms with Crippen molar-refractivity contribution in [2.75, 3.05) is 42.1 Å². The van der Waals surface area contributed by atoms with E-state index >= 15 is 0 Å². The number of aromatic nitrogens is 3. The lowest BCUT2D eigenvalue weighted by Crippen LogP contribution is -2.36. The molecule has 1 aliphatic rings. The zero-order valence-electron chi connectivity index (χ0n) is 21.4. The number of rotatable bonds is 17. The van der Waals surface area contributed by atoms with Gasteiger partial charge in [0.2, 0.25) is 6.43 Å². The fourth-order valence-corrected chi connectivity index (χ4v) is 4.21. The number of fused-ring (bicyclic) bond motifs is 1. The third-order valence-corrected chi connectivity index (χ3v) is 6.22. The monoisotopic (exact) mass is 530 g/mol. The van der Waals surface area contributed by atoms with Gasteiger partial charge in [0.15, 0.2) is 0 Å². The first-order valence-corrected chi connectivity index (χ1v) is 12.9. The van der Waals surface area contributed by atoms with Crippen molar-refractivity contribution >= 4 is 29.6 Å². The number of halogens is 2. The molecule has 0 amide bonds. The number of carboxylic acid groups (broad SMARTS) is 1. The van der Waals surface area contributed by atoms with E-state index in [0.717, 1.165) is 56.4 Å². The van der Waals surface area contributed by atoms with Gasteiger partial charge in [-0.15, -0.1) is 0 Å². The standard InChI is InChI=1S/C26H36F2N8O2/c27-22(28)10-16-36(14-2-1-6-20-8-7-19-5-3-12-31-25(19)34-20)15-9-21(26(37)38)35-24-17-23(32-18-33-24)30-13-4-11-29/h4,7-8,11,13,17-18,21-22,29H,1-3,5-6,9-10,12,14-16H2,(H,31,34)(H,37,38)(H2,30,32,33,35)/b13-4-,29-11?/t21-/m0/s1. The Morgan fingerprint density at radius 1 is 1.18 bits per heavy atom. The number of carboxylic acids is 1. The molecule has 0 radical (unpaired) electrons. The minimum atomic E-state index is -2.41. The number of aryl methyl sites for hydroxylation is 2. The van der Waals surface area contributed by atoms with Gasteiger partial charge in [0.05, 0.1) is 0 Å². The zero-order valence-corrected chi connectivity index (χ0v) is 21.4. The highest BCUT2D eigenvalue weighted by Gasteiger charge is 2.20. The summed E-state index contributed by atoms with van der Waals surface area (Å²) in [5.74, 6) is 0.675. The van der Waals surface area contributed by atoms with E-state index in [2.05, 4.69) is 38.1 Å². The van der Waals surface area contributed by atoms with Crippen molar-refractivity contribution in [1.29, 1.82) is 5.41 Å². The number of nitrogens with one attached hydrogen (secondary N) is 4. The predicted molar refractivity (Wildman–Crippen MR) is 144 cm³/mol. The zero-order chi connectivity index (χ0) is 27.2. The van der Waals surface area contributed by atoms with Crippen LogP contribution in [-0.4, -0.2) is 75.8 Å². The van der Waals surface area contributed by atoms with Crippen molar-refractivity contribution in [3.8, 4) is 0 Å². The highest BCUT2D eigenvalue weighted by Crippen LogP contribution is 2.20. The Kier molecular flexibility index (Phi) is 11.8. The van der Waals surface area contributed by atoms with Crippen LogP contribution in [0.2, 0.25) is 0 Å². The third kappa shape index (κ3) is 10.0. The van der Waals surface area contributed by atoms with Crippen LogP contribution in [0.1, 0.15) is 43.4 Å². The van der Waals surface area contributed by atoms with E-state index < -0.39 is 18.4 Å². The Hall–Kier alpha value is -3.67. The van der Waals surface area contributed by atoms with Crippen LogP contribution in [0.5, 0.6) is 0 Å². The second-order valence-corrected chi connectivity index (χ2v) is 9.10. The first-order chi connectivity index (χ1) is 18.4. The van der Waals surface area contributed by atoms with Gasteiger partial charge in [-0.25, -0.2) is 28.5 Å². The number of pyridine rings is 1. The van der Waals surface area contributed by atoms with Crippen LogP contribution in [0.3, 0.4) is 0 Å². The van der Waals surface area contributed by atoms with Crippen LogP contribution in [-0.2, 0) is 17.6 Å². The molecule has 5 N–H and O–H groups in total. The molecule has 0 spiro atoms. The van der Waals surface area contributed by atoms with Crippen LogP contribution in [0, 0.1) is 5.41 Å². The number of nitrogens with zero attached hydrogens (tertiary/aromatic N) is 4. The number of hydrogen-bond donors (Lipinski definition) is 5. The smallest absolute Gasteiger partial charge is 0.326 e. The first kappa shape index (κ1) is 28.9. The Labute approximate surface area is 221 Å². The van der Waals surface area contributed by atoms with Crippen molar-refractivity contribution in [1.82, 2.24) is 19.9 Å². The van der Waals surface area contributed by atoms with Gasteiger partial charge in [-0.2, -0.15) is 0 Å². The fraction of sp³-hybridized carbons (Fsp3) is 0.500. The van der Waals surface area contributed by atoms with Crippen LogP contribution in [0.25, 0.3) is 0 Å². The number of alkyl halides is 2. The summed E-state index contributed by atoms with van der Waals surface area (Å²) in [6, 6.07) is 4.79. The maximum Gasteiger partial charge on any atom is 0.326 e. The largest absolute Gasteiger partial charge is 0.480 e. The lowest BCUT2D eigenvalue weighted by molar-refractivity contribution is -0.138. The first-order valence-electron chi connectivity index (χ1n) is 12.9. The number of aliphatic carboxylic acids is 1. The van der Waals surface area contributed by atoms with E-state index in [1.165, 1.54) is 24.2 Å². The summed E-state index contributed by atoms with van der Waals surface area (Å²) >= 11 is 0. The molecule has 0 unspecified atom stereocenters. The highest BCUT2D eigenvalue weighted by molar-refractivity contribution is 5.77. The molecule has 10 nitrogen and oxygen atoms in total. The molecule has 1 atom stereocenters. The van der Waals surface area contributed by atoms with Gasteiger partial charge >= 0.3 is 5.97 Å². The number of carbonyl (C=O) groups is 1.